The van der Waals surface area contributed by atoms with Gasteiger partial charge in [0.05, 0.1) is 11.6 Å². The van der Waals surface area contributed by atoms with Gasteiger partial charge in [0, 0.05) is 5.69 Å². The van der Waals surface area contributed by atoms with Gasteiger partial charge in [0.1, 0.15) is 5.75 Å². The zero-order valence-corrected chi connectivity index (χ0v) is 10.1. The molecule has 0 heterocycles. The van der Waals surface area contributed by atoms with Gasteiger partial charge < -0.3 is 9.47 Å². The fourth-order valence-electron chi connectivity index (χ4n) is 0.955. The average molecular weight is 314 g/mol. The molecule has 0 aliphatic carbocycles. The number of alkyl halides is 3. The van der Waals surface area contributed by atoms with E-state index in [0.29, 0.717) is 0 Å². The summed E-state index contributed by atoms with van der Waals surface area (Å²) >= 11 is 2.89. The van der Waals surface area contributed by atoms with Crippen molar-refractivity contribution in [1.29, 1.82) is 0 Å². The third-order valence-electron chi connectivity index (χ3n) is 1.59. The summed E-state index contributed by atoms with van der Waals surface area (Å²) < 4.78 is 44.0. The van der Waals surface area contributed by atoms with E-state index in [-0.39, 0.29) is 10.2 Å². The number of anilines is 1. The standard InChI is InChI=1S/C9H7BrF3NO3/c1-16-8(15)14-5-2-3-7(6(10)4-5)17-9(11,12)13/h2-4H,1H3,(H,14,15). The molecule has 0 bridgehead atoms. The van der Waals surface area contributed by atoms with Crippen LogP contribution in [0.4, 0.5) is 23.7 Å². The van der Waals surface area contributed by atoms with Crippen molar-refractivity contribution in [2.75, 3.05) is 12.4 Å². The lowest BCUT2D eigenvalue weighted by Gasteiger charge is -2.11. The molecule has 1 rings (SSSR count). The maximum Gasteiger partial charge on any atom is 0.573 e. The Bertz CT molecular complexity index is 422. The van der Waals surface area contributed by atoms with Gasteiger partial charge in [0.25, 0.3) is 0 Å². The molecule has 0 aliphatic rings. The van der Waals surface area contributed by atoms with Gasteiger partial charge in [-0.1, -0.05) is 0 Å². The number of carbonyl (C=O) groups excluding carboxylic acids is 1. The lowest BCUT2D eigenvalue weighted by molar-refractivity contribution is -0.274. The summed E-state index contributed by atoms with van der Waals surface area (Å²) in [7, 11) is 1.17. The van der Waals surface area contributed by atoms with Gasteiger partial charge >= 0.3 is 12.5 Å². The Morgan fingerprint density at radius 3 is 2.53 bits per heavy atom. The number of benzene rings is 1. The SMILES string of the molecule is COC(=O)Nc1ccc(OC(F)(F)F)c(Br)c1. The van der Waals surface area contributed by atoms with Gasteiger partial charge in [-0.2, -0.15) is 0 Å². The monoisotopic (exact) mass is 313 g/mol. The van der Waals surface area contributed by atoms with Gasteiger partial charge in [-0.25, -0.2) is 4.79 Å². The van der Waals surface area contributed by atoms with Crippen LogP contribution in [0.15, 0.2) is 22.7 Å². The van der Waals surface area contributed by atoms with Crippen molar-refractivity contribution in [1.82, 2.24) is 0 Å². The van der Waals surface area contributed by atoms with E-state index in [0.717, 1.165) is 6.07 Å². The number of rotatable bonds is 2. The first kappa shape index (κ1) is 13.6. The van der Waals surface area contributed by atoms with E-state index in [9.17, 15) is 18.0 Å². The van der Waals surface area contributed by atoms with Crippen molar-refractivity contribution < 1.29 is 27.4 Å². The Kier molecular flexibility index (Phi) is 4.22. The minimum atomic E-state index is -4.76. The summed E-state index contributed by atoms with van der Waals surface area (Å²) in [6.45, 7) is 0. The van der Waals surface area contributed by atoms with E-state index in [1.54, 1.807) is 0 Å². The quantitative estimate of drug-likeness (QED) is 0.908. The molecule has 1 aromatic rings. The van der Waals surface area contributed by atoms with Crippen molar-refractivity contribution >= 4 is 27.7 Å². The van der Waals surface area contributed by atoms with Crippen molar-refractivity contribution in [3.05, 3.63) is 22.7 Å². The highest BCUT2D eigenvalue weighted by Crippen LogP contribution is 2.32. The molecule has 8 heteroatoms. The van der Waals surface area contributed by atoms with Crippen LogP contribution in [0.2, 0.25) is 0 Å². The molecular weight excluding hydrogens is 307 g/mol. The van der Waals surface area contributed by atoms with E-state index in [1.165, 1.54) is 19.2 Å². The molecule has 0 aliphatic heterocycles. The maximum absolute atomic E-state index is 12.0. The molecule has 0 radical (unpaired) electrons. The van der Waals surface area contributed by atoms with Gasteiger partial charge in [-0.15, -0.1) is 13.2 Å². The lowest BCUT2D eigenvalue weighted by Crippen LogP contribution is -2.17. The Morgan fingerprint density at radius 1 is 1.41 bits per heavy atom. The molecule has 0 spiro atoms. The number of hydrogen-bond donors (Lipinski definition) is 1. The second-order valence-electron chi connectivity index (χ2n) is 2.81. The van der Waals surface area contributed by atoms with Gasteiger partial charge in [0.2, 0.25) is 0 Å². The van der Waals surface area contributed by atoms with Crippen LogP contribution in [0, 0.1) is 0 Å². The minimum Gasteiger partial charge on any atom is -0.453 e. The normalized spacial score (nSPS) is 10.9. The van der Waals surface area contributed by atoms with E-state index in [1.807, 2.05) is 0 Å². The first-order valence-corrected chi connectivity index (χ1v) is 5.01. The van der Waals surface area contributed by atoms with E-state index in [4.69, 9.17) is 0 Å². The third-order valence-corrected chi connectivity index (χ3v) is 2.21. The summed E-state index contributed by atoms with van der Waals surface area (Å²) in [6.07, 6.45) is -5.49. The number of methoxy groups -OCH3 is 1. The molecule has 1 aromatic carbocycles. The second-order valence-corrected chi connectivity index (χ2v) is 3.66. The van der Waals surface area contributed by atoms with Crippen molar-refractivity contribution in [2.45, 2.75) is 6.36 Å². The minimum absolute atomic E-state index is 0.0590. The number of hydrogen-bond acceptors (Lipinski definition) is 3. The summed E-state index contributed by atoms with van der Waals surface area (Å²) in [6, 6.07) is 3.59. The number of nitrogens with one attached hydrogen (secondary N) is 1. The lowest BCUT2D eigenvalue weighted by atomic mass is 10.3. The van der Waals surface area contributed by atoms with Crippen molar-refractivity contribution in [3.63, 3.8) is 0 Å². The molecule has 0 fully saturated rings. The number of halogens is 4. The van der Waals surface area contributed by atoms with Gasteiger partial charge in [-0.3, -0.25) is 5.32 Å². The highest BCUT2D eigenvalue weighted by atomic mass is 79.9. The molecule has 0 saturated carbocycles. The topological polar surface area (TPSA) is 47.6 Å². The molecule has 0 aromatic heterocycles. The highest BCUT2D eigenvalue weighted by molar-refractivity contribution is 9.10. The highest BCUT2D eigenvalue weighted by Gasteiger charge is 2.31. The fourth-order valence-corrected chi connectivity index (χ4v) is 1.41. The predicted octanol–water partition coefficient (Wildman–Crippen LogP) is 3.53. The van der Waals surface area contributed by atoms with Gasteiger partial charge in [0.15, 0.2) is 0 Å². The first-order chi connectivity index (χ1) is 7.81. The van der Waals surface area contributed by atoms with Crippen molar-refractivity contribution in [2.24, 2.45) is 0 Å². The smallest absolute Gasteiger partial charge is 0.453 e. The van der Waals surface area contributed by atoms with Crippen LogP contribution in [0.5, 0.6) is 5.75 Å². The van der Waals surface area contributed by atoms with Crippen LogP contribution in [-0.2, 0) is 4.74 Å². The van der Waals surface area contributed by atoms with E-state index < -0.39 is 18.2 Å². The number of carbonyl (C=O) groups is 1. The van der Waals surface area contributed by atoms with E-state index in [2.05, 4.69) is 30.7 Å². The predicted molar refractivity (Wildman–Crippen MR) is 56.9 cm³/mol. The van der Waals surface area contributed by atoms with E-state index >= 15 is 0 Å². The van der Waals surface area contributed by atoms with Crippen LogP contribution < -0.4 is 10.1 Å². The molecule has 0 saturated heterocycles. The summed E-state index contributed by atoms with van der Waals surface area (Å²) in [5.41, 5.74) is 0.276. The molecule has 4 nitrogen and oxygen atoms in total. The molecule has 1 amide bonds. The summed E-state index contributed by atoms with van der Waals surface area (Å²) in [5, 5.41) is 2.29. The van der Waals surface area contributed by atoms with Crippen LogP contribution in [-0.4, -0.2) is 19.6 Å². The second kappa shape index (κ2) is 5.26. The Labute approximate surface area is 103 Å². The molecule has 0 unspecified atom stereocenters. The van der Waals surface area contributed by atoms with Crippen LogP contribution >= 0.6 is 15.9 Å². The number of ether oxygens (including phenoxy) is 2. The molecular formula is C9H7BrF3NO3. The third kappa shape index (κ3) is 4.51. The molecule has 94 valence electrons. The molecule has 0 atom stereocenters. The first-order valence-electron chi connectivity index (χ1n) is 4.22. The zero-order chi connectivity index (χ0) is 13.1. The summed E-state index contributed by atoms with van der Waals surface area (Å²) in [4.78, 5) is 10.8. The Morgan fingerprint density at radius 2 is 2.06 bits per heavy atom. The maximum atomic E-state index is 12.0. The van der Waals surface area contributed by atoms with Crippen LogP contribution in [0.3, 0.4) is 0 Å². The Balaban J connectivity index is 2.83. The Hall–Kier alpha value is -1.44. The largest absolute Gasteiger partial charge is 0.573 e. The van der Waals surface area contributed by atoms with Gasteiger partial charge in [-0.05, 0) is 34.1 Å². The van der Waals surface area contributed by atoms with Crippen LogP contribution in [0.1, 0.15) is 0 Å². The number of amides is 1. The van der Waals surface area contributed by atoms with Crippen LogP contribution in [0.25, 0.3) is 0 Å². The zero-order valence-electron chi connectivity index (χ0n) is 8.47. The molecule has 1 N–H and O–H groups in total. The molecule has 17 heavy (non-hydrogen) atoms. The van der Waals surface area contributed by atoms with Crippen molar-refractivity contribution in [3.8, 4) is 5.75 Å². The fraction of sp³-hybridized carbons (Fsp3) is 0.222. The average Bonchev–Trinajstić information content (AvgIpc) is 2.20. The summed E-state index contributed by atoms with van der Waals surface area (Å²) in [5.74, 6) is -0.395.